The number of carbonyl (C=O) groups is 2. The fourth-order valence-corrected chi connectivity index (χ4v) is 4.13. The van der Waals surface area contributed by atoms with E-state index in [0.717, 1.165) is 0 Å². The van der Waals surface area contributed by atoms with Crippen molar-refractivity contribution in [3.8, 4) is 5.75 Å². The molecule has 25 heavy (non-hydrogen) atoms. The number of ether oxygens (including phenoxy) is 3. The highest BCUT2D eigenvalue weighted by molar-refractivity contribution is 6.03. The number of rotatable bonds is 4. The van der Waals surface area contributed by atoms with Crippen LogP contribution in [0.5, 0.6) is 5.75 Å². The molecule has 132 valence electrons. The van der Waals surface area contributed by atoms with Gasteiger partial charge in [-0.05, 0) is 26.0 Å². The lowest BCUT2D eigenvalue weighted by molar-refractivity contribution is -0.156. The van der Waals surface area contributed by atoms with E-state index in [2.05, 4.69) is 0 Å². The van der Waals surface area contributed by atoms with E-state index in [1.54, 1.807) is 25.9 Å². The number of carbonyl (C=O) groups excluding carboxylic acids is 2. The van der Waals surface area contributed by atoms with Gasteiger partial charge in [0.15, 0.2) is 0 Å². The lowest BCUT2D eigenvalue weighted by Crippen LogP contribution is -2.40. The van der Waals surface area contributed by atoms with Crippen LogP contribution in [-0.4, -0.2) is 43.3 Å². The van der Waals surface area contributed by atoms with Crippen LogP contribution in [0.25, 0.3) is 0 Å². The maximum atomic E-state index is 13.2. The standard InChI is InChI=1S/C19H21NO5/c1-11(2)24-18(22)15-14-8-9-19(25-14)10-20(17(21)16(15)19)12-6-4-5-7-13(12)23-3/h4-9,11,14-16H,10H2,1-3H3/t14-,15-,16-,19-/m1/s1. The minimum Gasteiger partial charge on any atom is -0.495 e. The zero-order chi connectivity index (χ0) is 17.8. The number of hydrogen-bond acceptors (Lipinski definition) is 5. The molecule has 1 aromatic carbocycles. The molecule has 3 aliphatic rings. The number of para-hydroxylation sites is 2. The SMILES string of the molecule is COc1ccccc1N1C[C@@]23C=C[C@@H](O2)[C@@H](C(=O)OC(C)C)[C@@H]3C1=O. The van der Waals surface area contributed by atoms with Gasteiger partial charge < -0.3 is 19.1 Å². The first-order valence-corrected chi connectivity index (χ1v) is 8.49. The predicted molar refractivity (Wildman–Crippen MR) is 90.3 cm³/mol. The zero-order valence-electron chi connectivity index (χ0n) is 14.5. The van der Waals surface area contributed by atoms with Crippen LogP contribution in [0, 0.1) is 11.8 Å². The van der Waals surface area contributed by atoms with Crippen molar-refractivity contribution in [1.82, 2.24) is 0 Å². The van der Waals surface area contributed by atoms with Crippen molar-refractivity contribution in [3.63, 3.8) is 0 Å². The number of benzene rings is 1. The summed E-state index contributed by atoms with van der Waals surface area (Å²) in [5, 5.41) is 0. The lowest BCUT2D eigenvalue weighted by atomic mass is 9.77. The summed E-state index contributed by atoms with van der Waals surface area (Å²) in [4.78, 5) is 27.4. The second kappa shape index (κ2) is 5.59. The van der Waals surface area contributed by atoms with E-state index in [0.29, 0.717) is 18.0 Å². The molecule has 1 amide bonds. The van der Waals surface area contributed by atoms with E-state index in [4.69, 9.17) is 14.2 Å². The Bertz CT molecular complexity index is 758. The molecule has 1 aromatic rings. The van der Waals surface area contributed by atoms with Gasteiger partial charge in [0.25, 0.3) is 0 Å². The van der Waals surface area contributed by atoms with Gasteiger partial charge in [-0.15, -0.1) is 0 Å². The molecule has 3 aliphatic heterocycles. The first-order chi connectivity index (χ1) is 12.0. The maximum Gasteiger partial charge on any atom is 0.313 e. The van der Waals surface area contributed by atoms with Gasteiger partial charge in [-0.2, -0.15) is 0 Å². The minimum absolute atomic E-state index is 0.123. The molecular formula is C19H21NO5. The van der Waals surface area contributed by atoms with Gasteiger partial charge in [0.05, 0.1) is 37.5 Å². The number of anilines is 1. The van der Waals surface area contributed by atoms with Crippen LogP contribution >= 0.6 is 0 Å². The molecule has 0 aromatic heterocycles. The van der Waals surface area contributed by atoms with Crippen LogP contribution in [0.15, 0.2) is 36.4 Å². The second-order valence-corrected chi connectivity index (χ2v) is 6.98. The normalized spacial score (nSPS) is 32.4. The van der Waals surface area contributed by atoms with Gasteiger partial charge >= 0.3 is 5.97 Å². The summed E-state index contributed by atoms with van der Waals surface area (Å²) in [6.45, 7) is 3.97. The summed E-state index contributed by atoms with van der Waals surface area (Å²) in [6, 6.07) is 7.36. The van der Waals surface area contributed by atoms with Gasteiger partial charge in [-0.1, -0.05) is 24.3 Å². The molecule has 1 spiro atoms. The number of nitrogens with zero attached hydrogens (tertiary/aromatic N) is 1. The quantitative estimate of drug-likeness (QED) is 0.617. The largest absolute Gasteiger partial charge is 0.495 e. The molecule has 0 unspecified atom stereocenters. The molecule has 4 rings (SSSR count). The van der Waals surface area contributed by atoms with Crippen molar-refractivity contribution in [2.45, 2.75) is 31.7 Å². The summed E-state index contributed by atoms with van der Waals surface area (Å²) in [5.41, 5.74) is -0.0706. The Morgan fingerprint density at radius 1 is 1.36 bits per heavy atom. The minimum atomic E-state index is -0.761. The van der Waals surface area contributed by atoms with Crippen LogP contribution in [0.2, 0.25) is 0 Å². The molecule has 0 aliphatic carbocycles. The summed E-state index contributed by atoms with van der Waals surface area (Å²) in [5.74, 6) is -1.03. The monoisotopic (exact) mass is 343 g/mol. The van der Waals surface area contributed by atoms with Gasteiger partial charge in [0.1, 0.15) is 17.3 Å². The van der Waals surface area contributed by atoms with E-state index < -0.39 is 17.4 Å². The van der Waals surface area contributed by atoms with E-state index in [-0.39, 0.29) is 24.1 Å². The van der Waals surface area contributed by atoms with Crippen LogP contribution in [0.3, 0.4) is 0 Å². The number of esters is 1. The molecule has 4 atom stereocenters. The molecule has 6 nitrogen and oxygen atoms in total. The molecule has 6 heteroatoms. The molecule has 2 fully saturated rings. The van der Waals surface area contributed by atoms with Crippen molar-refractivity contribution < 1.29 is 23.8 Å². The second-order valence-electron chi connectivity index (χ2n) is 6.98. The van der Waals surface area contributed by atoms with Crippen molar-refractivity contribution >= 4 is 17.6 Å². The highest BCUT2D eigenvalue weighted by Crippen LogP contribution is 2.53. The number of amides is 1. The van der Waals surface area contributed by atoms with Crippen LogP contribution in [0.4, 0.5) is 5.69 Å². The van der Waals surface area contributed by atoms with E-state index in [1.807, 2.05) is 36.4 Å². The third-order valence-electron chi connectivity index (χ3n) is 5.10. The van der Waals surface area contributed by atoms with Gasteiger partial charge in [-0.3, -0.25) is 9.59 Å². The summed E-state index contributed by atoms with van der Waals surface area (Å²) in [7, 11) is 1.57. The average molecular weight is 343 g/mol. The van der Waals surface area contributed by atoms with Crippen LogP contribution in [0.1, 0.15) is 13.8 Å². The Morgan fingerprint density at radius 2 is 2.12 bits per heavy atom. The van der Waals surface area contributed by atoms with E-state index in [9.17, 15) is 9.59 Å². The van der Waals surface area contributed by atoms with E-state index >= 15 is 0 Å². The van der Waals surface area contributed by atoms with E-state index in [1.165, 1.54) is 0 Å². The maximum absolute atomic E-state index is 13.2. The van der Waals surface area contributed by atoms with Crippen molar-refractivity contribution in [2.24, 2.45) is 11.8 Å². The highest BCUT2D eigenvalue weighted by atomic mass is 16.6. The Morgan fingerprint density at radius 3 is 2.84 bits per heavy atom. The highest BCUT2D eigenvalue weighted by Gasteiger charge is 2.67. The van der Waals surface area contributed by atoms with Crippen molar-refractivity contribution in [3.05, 3.63) is 36.4 Å². The Hall–Kier alpha value is -2.34. The fraction of sp³-hybridized carbons (Fsp3) is 0.474. The smallest absolute Gasteiger partial charge is 0.313 e. The fourth-order valence-electron chi connectivity index (χ4n) is 4.13. The topological polar surface area (TPSA) is 65.1 Å². The van der Waals surface area contributed by atoms with Crippen molar-refractivity contribution in [1.29, 1.82) is 0 Å². The summed E-state index contributed by atoms with van der Waals surface area (Å²) in [6.07, 6.45) is 3.18. The number of fused-ring (bicyclic) bond motifs is 1. The number of hydrogen-bond donors (Lipinski definition) is 0. The third kappa shape index (κ3) is 2.28. The third-order valence-corrected chi connectivity index (χ3v) is 5.10. The zero-order valence-corrected chi connectivity index (χ0v) is 14.5. The first kappa shape index (κ1) is 16.1. The molecular weight excluding hydrogens is 322 g/mol. The molecule has 0 saturated carbocycles. The van der Waals surface area contributed by atoms with Gasteiger partial charge in [0.2, 0.25) is 5.91 Å². The lowest BCUT2D eigenvalue weighted by Gasteiger charge is -2.23. The predicted octanol–water partition coefficient (Wildman–Crippen LogP) is 1.93. The molecule has 0 radical (unpaired) electrons. The Labute approximate surface area is 146 Å². The Balaban J connectivity index is 1.69. The summed E-state index contributed by atoms with van der Waals surface area (Å²) < 4.78 is 16.8. The number of methoxy groups -OCH3 is 1. The summed E-state index contributed by atoms with van der Waals surface area (Å²) >= 11 is 0. The van der Waals surface area contributed by atoms with Crippen LogP contribution in [-0.2, 0) is 19.1 Å². The molecule has 2 bridgehead atoms. The average Bonchev–Trinajstić information content (AvgIpc) is 3.22. The first-order valence-electron chi connectivity index (χ1n) is 8.49. The van der Waals surface area contributed by atoms with Crippen LogP contribution < -0.4 is 9.64 Å². The molecule has 0 N–H and O–H groups in total. The Kier molecular flexibility index (Phi) is 3.61. The van der Waals surface area contributed by atoms with Gasteiger partial charge in [0, 0.05) is 0 Å². The molecule has 2 saturated heterocycles. The molecule has 3 heterocycles. The van der Waals surface area contributed by atoms with Crippen molar-refractivity contribution in [2.75, 3.05) is 18.6 Å². The van der Waals surface area contributed by atoms with Gasteiger partial charge in [-0.25, -0.2) is 0 Å².